The Kier molecular flexibility index (Phi) is 6.45. The predicted octanol–water partition coefficient (Wildman–Crippen LogP) is 1.35. The second kappa shape index (κ2) is 8.77. The van der Waals surface area contributed by atoms with Crippen LogP contribution >= 0.6 is 0 Å². The van der Waals surface area contributed by atoms with E-state index in [4.69, 9.17) is 4.84 Å². The summed E-state index contributed by atoms with van der Waals surface area (Å²) in [6.45, 7) is 1.49. The van der Waals surface area contributed by atoms with E-state index in [0.29, 0.717) is 11.3 Å². The van der Waals surface area contributed by atoms with E-state index in [9.17, 15) is 30.0 Å². The number of phenolic OH excluding ortho intramolecular Hbond substituents is 3. The third-order valence-corrected chi connectivity index (χ3v) is 3.69. The van der Waals surface area contributed by atoms with Gasteiger partial charge in [-0.2, -0.15) is 0 Å². The van der Waals surface area contributed by atoms with Gasteiger partial charge in [0.25, 0.3) is 0 Å². The number of nitrogens with one attached hydrogen (secondary N) is 2. The van der Waals surface area contributed by atoms with Crippen molar-refractivity contribution < 1.29 is 34.9 Å². The van der Waals surface area contributed by atoms with E-state index in [2.05, 4.69) is 10.8 Å². The number of carboxylic acid groups (broad SMARTS) is 1. The minimum Gasteiger partial charge on any atom is -0.508 e. The number of phenols is 3. The van der Waals surface area contributed by atoms with E-state index in [1.54, 1.807) is 12.1 Å². The fourth-order valence-corrected chi connectivity index (χ4v) is 2.19. The molecule has 0 saturated carbocycles. The zero-order valence-electron chi connectivity index (χ0n) is 14.4. The van der Waals surface area contributed by atoms with Gasteiger partial charge < -0.3 is 30.6 Å². The Labute approximate surface area is 154 Å². The fourth-order valence-electron chi connectivity index (χ4n) is 2.19. The largest absolute Gasteiger partial charge is 0.508 e. The van der Waals surface area contributed by atoms with Crippen molar-refractivity contribution >= 4 is 17.6 Å². The Balaban J connectivity index is 1.91. The second-order valence-corrected chi connectivity index (χ2v) is 5.87. The van der Waals surface area contributed by atoms with E-state index in [1.165, 1.54) is 37.3 Å². The van der Waals surface area contributed by atoms with E-state index in [0.717, 1.165) is 0 Å². The van der Waals surface area contributed by atoms with Gasteiger partial charge in [-0.3, -0.25) is 4.79 Å². The minimum atomic E-state index is -1.21. The van der Waals surface area contributed by atoms with Gasteiger partial charge in [0, 0.05) is 18.2 Å². The molecule has 2 aromatic rings. The van der Waals surface area contributed by atoms with Gasteiger partial charge in [-0.15, -0.1) is 5.48 Å². The van der Waals surface area contributed by atoms with Gasteiger partial charge in [-0.25, -0.2) is 4.79 Å². The van der Waals surface area contributed by atoms with Crippen LogP contribution in [0.2, 0.25) is 0 Å². The Morgan fingerprint density at radius 1 is 1.04 bits per heavy atom. The summed E-state index contributed by atoms with van der Waals surface area (Å²) >= 11 is 0. The number of carbonyl (C=O) groups excluding carboxylic acids is 1. The van der Waals surface area contributed by atoms with Crippen molar-refractivity contribution in [3.05, 3.63) is 48.0 Å². The monoisotopic (exact) mass is 376 g/mol. The molecule has 0 fully saturated rings. The quantitative estimate of drug-likeness (QED) is 0.228. The maximum absolute atomic E-state index is 12.0. The molecule has 0 heterocycles. The number of carboxylic acids is 1. The van der Waals surface area contributed by atoms with Crippen LogP contribution in [0.5, 0.6) is 17.2 Å². The third-order valence-electron chi connectivity index (χ3n) is 3.69. The highest BCUT2D eigenvalue weighted by molar-refractivity contribution is 5.79. The molecule has 0 aliphatic rings. The van der Waals surface area contributed by atoms with Crippen LogP contribution in [0, 0.1) is 0 Å². The molecule has 144 valence electrons. The fraction of sp³-hybridized carbons (Fsp3) is 0.222. The smallest absolute Gasteiger partial charge is 0.346 e. The highest BCUT2D eigenvalue weighted by atomic mass is 16.7. The molecule has 2 atom stereocenters. The molecule has 0 aliphatic heterocycles. The van der Waals surface area contributed by atoms with Crippen LogP contribution in [0.15, 0.2) is 42.5 Å². The Morgan fingerprint density at radius 2 is 1.70 bits per heavy atom. The van der Waals surface area contributed by atoms with Gasteiger partial charge in [0.1, 0.15) is 17.8 Å². The number of hydrogen-bond acceptors (Lipinski definition) is 8. The van der Waals surface area contributed by atoms with Crippen LogP contribution < -0.4 is 10.8 Å². The highest BCUT2D eigenvalue weighted by Crippen LogP contribution is 2.27. The van der Waals surface area contributed by atoms with E-state index < -0.39 is 24.0 Å². The Bertz CT molecular complexity index is 808. The van der Waals surface area contributed by atoms with Crippen LogP contribution in [0.1, 0.15) is 12.5 Å². The zero-order valence-corrected chi connectivity index (χ0v) is 14.4. The Morgan fingerprint density at radius 3 is 2.30 bits per heavy atom. The van der Waals surface area contributed by atoms with Crippen LogP contribution in [-0.2, 0) is 20.8 Å². The van der Waals surface area contributed by atoms with Crippen molar-refractivity contribution in [2.75, 3.05) is 5.32 Å². The van der Waals surface area contributed by atoms with Gasteiger partial charge in [0.2, 0.25) is 0 Å². The van der Waals surface area contributed by atoms with Crippen molar-refractivity contribution in [2.24, 2.45) is 0 Å². The third kappa shape index (κ3) is 5.79. The molecule has 0 aromatic heterocycles. The minimum absolute atomic E-state index is 0.0382. The van der Waals surface area contributed by atoms with Crippen LogP contribution in [-0.4, -0.2) is 44.4 Å². The van der Waals surface area contributed by atoms with Crippen LogP contribution in [0.3, 0.4) is 0 Å². The summed E-state index contributed by atoms with van der Waals surface area (Å²) in [6.07, 6.45) is 0.0382. The summed E-state index contributed by atoms with van der Waals surface area (Å²) in [4.78, 5) is 28.2. The van der Waals surface area contributed by atoms with Gasteiger partial charge in [-0.05, 0) is 36.8 Å². The molecular weight excluding hydrogens is 356 g/mol. The molecule has 0 spiro atoms. The summed E-state index contributed by atoms with van der Waals surface area (Å²) in [5, 5.41) is 40.0. The molecule has 6 N–H and O–H groups in total. The number of carbonyl (C=O) groups is 2. The van der Waals surface area contributed by atoms with Gasteiger partial charge >= 0.3 is 11.9 Å². The van der Waals surface area contributed by atoms with Crippen molar-refractivity contribution in [2.45, 2.75) is 25.4 Å². The van der Waals surface area contributed by atoms with Crippen LogP contribution in [0.4, 0.5) is 5.69 Å². The first kappa shape index (κ1) is 19.9. The number of hydroxylamine groups is 1. The lowest BCUT2D eigenvalue weighted by atomic mass is 10.1. The first-order valence-corrected chi connectivity index (χ1v) is 8.01. The lowest BCUT2D eigenvalue weighted by molar-refractivity contribution is -0.158. The number of aromatic hydroxyl groups is 3. The molecule has 0 unspecified atom stereocenters. The number of hydrogen-bond donors (Lipinski definition) is 6. The molecule has 0 aliphatic carbocycles. The second-order valence-electron chi connectivity index (χ2n) is 5.87. The number of benzene rings is 2. The van der Waals surface area contributed by atoms with Gasteiger partial charge in [-0.1, -0.05) is 12.1 Å². The van der Waals surface area contributed by atoms with E-state index in [1.807, 2.05) is 0 Å². The molecule has 0 amide bonds. The standard InChI is InChI=1S/C18H20N2O7/c1-10(19-12-4-7-15(22)16(23)9-12)18(26)27-20-14(17(24)25)8-11-2-5-13(21)6-3-11/h2-7,9-10,14,19-23H,8H2,1H3,(H,24,25)/t10-,14-/m0/s1. The van der Waals surface area contributed by atoms with E-state index >= 15 is 0 Å². The van der Waals surface area contributed by atoms with Crippen molar-refractivity contribution in [3.63, 3.8) is 0 Å². The van der Waals surface area contributed by atoms with E-state index in [-0.39, 0.29) is 23.7 Å². The number of rotatable bonds is 8. The summed E-state index contributed by atoms with van der Waals surface area (Å²) in [5.74, 6) is -2.56. The van der Waals surface area contributed by atoms with Crippen molar-refractivity contribution in [3.8, 4) is 17.2 Å². The number of aliphatic carboxylic acids is 1. The maximum atomic E-state index is 12.0. The molecule has 0 bridgehead atoms. The molecule has 27 heavy (non-hydrogen) atoms. The molecule has 9 nitrogen and oxygen atoms in total. The summed E-state index contributed by atoms with van der Waals surface area (Å²) < 4.78 is 0. The zero-order chi connectivity index (χ0) is 20.0. The average molecular weight is 376 g/mol. The van der Waals surface area contributed by atoms with Gasteiger partial charge in [0.05, 0.1) is 0 Å². The lowest BCUT2D eigenvalue weighted by Crippen LogP contribution is -2.42. The highest BCUT2D eigenvalue weighted by Gasteiger charge is 2.22. The molecule has 0 saturated heterocycles. The Hall–Kier alpha value is -3.46. The molecule has 2 aromatic carbocycles. The lowest BCUT2D eigenvalue weighted by Gasteiger charge is -2.18. The molecule has 9 heteroatoms. The van der Waals surface area contributed by atoms with Gasteiger partial charge in [0.15, 0.2) is 11.5 Å². The molecule has 2 rings (SSSR count). The molecular formula is C18H20N2O7. The first-order chi connectivity index (χ1) is 12.8. The summed E-state index contributed by atoms with van der Waals surface area (Å²) in [7, 11) is 0. The summed E-state index contributed by atoms with van der Waals surface area (Å²) in [5.41, 5.74) is 3.23. The van der Waals surface area contributed by atoms with Crippen molar-refractivity contribution in [1.29, 1.82) is 0 Å². The molecule has 0 radical (unpaired) electrons. The normalized spacial score (nSPS) is 12.8. The summed E-state index contributed by atoms with van der Waals surface area (Å²) in [6, 6.07) is 7.90. The van der Waals surface area contributed by atoms with Crippen LogP contribution in [0.25, 0.3) is 0 Å². The first-order valence-electron chi connectivity index (χ1n) is 8.01. The topological polar surface area (TPSA) is 148 Å². The number of anilines is 1. The average Bonchev–Trinajstić information content (AvgIpc) is 2.62. The predicted molar refractivity (Wildman–Crippen MR) is 95.3 cm³/mol. The maximum Gasteiger partial charge on any atom is 0.346 e. The van der Waals surface area contributed by atoms with Crippen molar-refractivity contribution in [1.82, 2.24) is 5.48 Å². The SMILES string of the molecule is C[C@H](Nc1ccc(O)c(O)c1)C(=O)ON[C@@H](Cc1ccc(O)cc1)C(=O)O.